The summed E-state index contributed by atoms with van der Waals surface area (Å²) in [6.07, 6.45) is 0. The molecule has 0 amide bonds. The second-order valence-electron chi connectivity index (χ2n) is 6.67. The van der Waals surface area contributed by atoms with Crippen LogP contribution in [0.25, 0.3) is 11.3 Å². The summed E-state index contributed by atoms with van der Waals surface area (Å²) in [4.78, 5) is 16.0. The molecule has 30 heavy (non-hydrogen) atoms. The van der Waals surface area contributed by atoms with Gasteiger partial charge in [0.1, 0.15) is 5.02 Å². The maximum absolute atomic E-state index is 11.2. The minimum Gasteiger partial charge on any atom is -0.258 e. The first-order valence-electron chi connectivity index (χ1n) is 8.87. The van der Waals surface area contributed by atoms with Crippen LogP contribution in [0.5, 0.6) is 0 Å². The van der Waals surface area contributed by atoms with Crippen molar-refractivity contribution in [3.8, 4) is 11.3 Å². The second-order valence-corrected chi connectivity index (χ2v) is 8.76. The number of halogens is 3. The zero-order valence-corrected chi connectivity index (χ0v) is 19.4. The van der Waals surface area contributed by atoms with E-state index >= 15 is 0 Å². The number of nitro groups is 1. The maximum Gasteiger partial charge on any atom is 0.288 e. The lowest BCUT2D eigenvalue weighted by atomic mass is 10.1. The summed E-state index contributed by atoms with van der Waals surface area (Å²) >= 11 is 19.9. The Labute approximate surface area is 192 Å². The van der Waals surface area contributed by atoms with Crippen LogP contribution >= 0.6 is 46.1 Å². The average Bonchev–Trinajstić information content (AvgIpc) is 3.05. The molecule has 0 radical (unpaired) electrons. The van der Waals surface area contributed by atoms with E-state index in [0.29, 0.717) is 31.7 Å². The molecule has 0 aliphatic carbocycles. The molecule has 0 spiro atoms. The largest absolute Gasteiger partial charge is 0.288 e. The zero-order chi connectivity index (χ0) is 22.0. The lowest BCUT2D eigenvalue weighted by Gasteiger charge is -2.09. The monoisotopic (exact) mass is 482 g/mol. The highest BCUT2D eigenvalue weighted by molar-refractivity contribution is 7.07. The van der Waals surface area contributed by atoms with Crippen LogP contribution in [0.1, 0.15) is 26.3 Å². The molecule has 1 heterocycles. The van der Waals surface area contributed by atoms with Gasteiger partial charge in [-0.1, -0.05) is 40.9 Å². The van der Waals surface area contributed by atoms with Gasteiger partial charge in [-0.15, -0.1) is 11.3 Å². The molecule has 10 heteroatoms. The molecule has 0 saturated heterocycles. The van der Waals surface area contributed by atoms with E-state index in [9.17, 15) is 10.1 Å². The standard InChI is InChI=1S/C20H17Cl3N4O2S/c1-11(2)24-20-26(19(10-30-20)15-9-14(21)5-7-16(15)22)25-12(3)13-4-6-17(23)18(8-13)27(28)29/h4-11H,1-3H3. The molecular formula is C20H17Cl3N4O2S. The fourth-order valence-corrected chi connectivity index (χ4v) is 4.20. The topological polar surface area (TPSA) is 72.8 Å². The molecule has 0 saturated carbocycles. The van der Waals surface area contributed by atoms with Crippen LogP contribution in [-0.2, 0) is 0 Å². The molecule has 0 unspecified atom stereocenters. The van der Waals surface area contributed by atoms with Gasteiger partial charge < -0.3 is 0 Å². The maximum atomic E-state index is 11.2. The van der Waals surface area contributed by atoms with Gasteiger partial charge >= 0.3 is 0 Å². The zero-order valence-electron chi connectivity index (χ0n) is 16.3. The molecule has 0 N–H and O–H groups in total. The van der Waals surface area contributed by atoms with Crippen LogP contribution in [0, 0.1) is 10.1 Å². The van der Waals surface area contributed by atoms with Crippen molar-refractivity contribution >= 4 is 57.5 Å². The Morgan fingerprint density at radius 3 is 2.50 bits per heavy atom. The number of hydrogen-bond acceptors (Lipinski definition) is 5. The number of thiazole rings is 1. The molecule has 156 valence electrons. The van der Waals surface area contributed by atoms with Crippen LogP contribution < -0.4 is 4.80 Å². The summed E-state index contributed by atoms with van der Waals surface area (Å²) in [5, 5.41) is 19.0. The number of nitrogens with zero attached hydrogens (tertiary/aromatic N) is 4. The van der Waals surface area contributed by atoms with Gasteiger partial charge in [0.15, 0.2) is 0 Å². The molecule has 2 aromatic carbocycles. The third-order valence-corrected chi connectivity index (χ3v) is 5.78. The average molecular weight is 484 g/mol. The summed E-state index contributed by atoms with van der Waals surface area (Å²) in [6, 6.07) is 9.82. The SMILES string of the molecule is CC(=Nn1c(-c2cc(Cl)ccc2Cl)csc1=NC(C)C)c1ccc(Cl)c([N+](=O)[O-])c1. The van der Waals surface area contributed by atoms with E-state index in [2.05, 4.69) is 4.99 Å². The smallest absolute Gasteiger partial charge is 0.258 e. The summed E-state index contributed by atoms with van der Waals surface area (Å²) < 4.78 is 1.68. The summed E-state index contributed by atoms with van der Waals surface area (Å²) in [7, 11) is 0. The number of benzene rings is 2. The lowest BCUT2D eigenvalue weighted by molar-refractivity contribution is -0.384. The number of rotatable bonds is 5. The molecule has 6 nitrogen and oxygen atoms in total. The predicted octanol–water partition coefficient (Wildman–Crippen LogP) is 6.67. The summed E-state index contributed by atoms with van der Waals surface area (Å²) in [6.45, 7) is 5.70. The van der Waals surface area contributed by atoms with Gasteiger partial charge in [0.05, 0.1) is 21.4 Å². The minimum atomic E-state index is -0.520. The fraction of sp³-hybridized carbons (Fsp3) is 0.200. The molecular weight excluding hydrogens is 467 g/mol. The Morgan fingerprint density at radius 2 is 1.83 bits per heavy atom. The Balaban J connectivity index is 2.22. The number of hydrogen-bond donors (Lipinski definition) is 0. The normalized spacial score (nSPS) is 12.6. The van der Waals surface area contributed by atoms with Gasteiger partial charge in [-0.2, -0.15) is 5.10 Å². The van der Waals surface area contributed by atoms with Gasteiger partial charge in [0.2, 0.25) is 4.80 Å². The molecule has 0 atom stereocenters. The molecule has 0 fully saturated rings. The van der Waals surface area contributed by atoms with Crippen LogP contribution in [0.15, 0.2) is 51.9 Å². The predicted molar refractivity (Wildman–Crippen MR) is 124 cm³/mol. The van der Waals surface area contributed by atoms with Gasteiger partial charge in [-0.25, -0.2) is 4.68 Å². The van der Waals surface area contributed by atoms with Gasteiger partial charge in [0.25, 0.3) is 5.69 Å². The first kappa shape index (κ1) is 22.5. The van der Waals surface area contributed by atoms with Crippen molar-refractivity contribution in [1.29, 1.82) is 0 Å². The Hall–Kier alpha value is -2.19. The Morgan fingerprint density at radius 1 is 1.13 bits per heavy atom. The number of nitro benzene ring substituents is 1. The van der Waals surface area contributed by atoms with Crippen LogP contribution in [-0.4, -0.2) is 21.4 Å². The van der Waals surface area contributed by atoms with Gasteiger partial charge in [-0.3, -0.25) is 15.1 Å². The van der Waals surface area contributed by atoms with Crippen LogP contribution in [0.4, 0.5) is 5.69 Å². The molecule has 1 aromatic heterocycles. The summed E-state index contributed by atoms with van der Waals surface area (Å²) in [5.74, 6) is 0. The first-order chi connectivity index (χ1) is 14.2. The first-order valence-corrected chi connectivity index (χ1v) is 10.9. The van der Waals surface area contributed by atoms with Crippen molar-refractivity contribution in [2.45, 2.75) is 26.8 Å². The molecule has 0 aliphatic heterocycles. The van der Waals surface area contributed by atoms with E-state index in [1.165, 1.54) is 23.5 Å². The lowest BCUT2D eigenvalue weighted by Crippen LogP contribution is -2.16. The van der Waals surface area contributed by atoms with Crippen molar-refractivity contribution < 1.29 is 4.92 Å². The van der Waals surface area contributed by atoms with Gasteiger partial charge in [-0.05, 0) is 45.0 Å². The van der Waals surface area contributed by atoms with E-state index in [0.717, 1.165) is 5.69 Å². The van der Waals surface area contributed by atoms with Crippen LogP contribution in [0.3, 0.4) is 0 Å². The fourth-order valence-electron chi connectivity index (χ4n) is 2.67. The van der Waals surface area contributed by atoms with Crippen molar-refractivity contribution in [2.24, 2.45) is 10.1 Å². The van der Waals surface area contributed by atoms with Crippen LogP contribution in [0.2, 0.25) is 15.1 Å². The van der Waals surface area contributed by atoms with Crippen molar-refractivity contribution in [1.82, 2.24) is 4.68 Å². The Bertz CT molecular complexity index is 1220. The molecule has 0 aliphatic rings. The highest BCUT2D eigenvalue weighted by atomic mass is 35.5. The third-order valence-electron chi connectivity index (χ3n) is 4.07. The molecule has 0 bridgehead atoms. The van der Waals surface area contributed by atoms with Crippen molar-refractivity contribution in [3.05, 3.63) is 77.3 Å². The number of aromatic nitrogens is 1. The summed E-state index contributed by atoms with van der Waals surface area (Å²) in [5.41, 5.74) is 2.38. The second kappa shape index (κ2) is 9.31. The van der Waals surface area contributed by atoms with Crippen molar-refractivity contribution in [3.63, 3.8) is 0 Å². The third kappa shape index (κ3) is 4.92. The highest BCUT2D eigenvalue weighted by Crippen LogP contribution is 2.31. The molecule has 3 rings (SSSR count). The minimum absolute atomic E-state index is 0.0460. The Kier molecular flexibility index (Phi) is 6.98. The quantitative estimate of drug-likeness (QED) is 0.231. The van der Waals surface area contributed by atoms with E-state index in [4.69, 9.17) is 39.9 Å². The van der Waals surface area contributed by atoms with E-state index in [-0.39, 0.29) is 16.8 Å². The van der Waals surface area contributed by atoms with E-state index in [1.54, 1.807) is 35.9 Å². The van der Waals surface area contributed by atoms with E-state index < -0.39 is 4.92 Å². The van der Waals surface area contributed by atoms with Gasteiger partial charge in [0, 0.05) is 33.6 Å². The van der Waals surface area contributed by atoms with E-state index in [1.807, 2.05) is 19.2 Å². The molecule has 3 aromatic rings. The van der Waals surface area contributed by atoms with Crippen molar-refractivity contribution in [2.75, 3.05) is 0 Å². The highest BCUT2D eigenvalue weighted by Gasteiger charge is 2.16.